The quantitative estimate of drug-likeness (QED) is 0.823. The monoisotopic (exact) mass is 205 g/mol. The van der Waals surface area contributed by atoms with E-state index in [-0.39, 0.29) is 5.54 Å². The first-order chi connectivity index (χ1) is 7.07. The smallest absolute Gasteiger partial charge is 0.122 e. The van der Waals surface area contributed by atoms with Crippen LogP contribution in [0.5, 0.6) is 5.75 Å². The van der Waals surface area contributed by atoms with Crippen molar-refractivity contribution in [1.29, 1.82) is 0 Å². The largest absolute Gasteiger partial charge is 0.496 e. The van der Waals surface area contributed by atoms with Crippen LogP contribution in [0.1, 0.15) is 43.7 Å². The molecule has 0 bridgehead atoms. The summed E-state index contributed by atoms with van der Waals surface area (Å²) in [5.74, 6) is 1.44. The zero-order chi connectivity index (χ0) is 11.1. The number of nitrogens with two attached hydrogens (primary N) is 1. The molecule has 1 aliphatic rings. The Hall–Kier alpha value is -1.02. The van der Waals surface area contributed by atoms with Crippen molar-refractivity contribution in [2.45, 2.75) is 38.1 Å². The number of ether oxygens (including phenoxy) is 1. The lowest BCUT2D eigenvalue weighted by Crippen LogP contribution is -2.19. The van der Waals surface area contributed by atoms with E-state index < -0.39 is 0 Å². The maximum atomic E-state index is 6.19. The molecule has 0 aromatic heterocycles. The molecule has 2 heteroatoms. The van der Waals surface area contributed by atoms with Crippen molar-refractivity contribution in [3.05, 3.63) is 29.3 Å². The van der Waals surface area contributed by atoms with Gasteiger partial charge in [0.25, 0.3) is 0 Å². The van der Waals surface area contributed by atoms with Crippen LogP contribution < -0.4 is 10.5 Å². The summed E-state index contributed by atoms with van der Waals surface area (Å²) in [6, 6.07) is 6.34. The standard InChI is InChI=1S/C13H19NO/c1-9(2)11-8-10(13(14)6-7-13)4-5-12(11)15-3/h4-5,8-9H,6-7,14H2,1-3H3. The van der Waals surface area contributed by atoms with Crippen LogP contribution in [0.3, 0.4) is 0 Å². The highest BCUT2D eigenvalue weighted by Gasteiger charge is 2.40. The molecule has 0 atom stereocenters. The third kappa shape index (κ3) is 1.86. The topological polar surface area (TPSA) is 35.2 Å². The van der Waals surface area contributed by atoms with Gasteiger partial charge >= 0.3 is 0 Å². The molecule has 0 saturated heterocycles. The molecule has 2 nitrogen and oxygen atoms in total. The predicted molar refractivity (Wildman–Crippen MR) is 62.2 cm³/mol. The third-order valence-electron chi connectivity index (χ3n) is 3.22. The van der Waals surface area contributed by atoms with Gasteiger partial charge in [0.05, 0.1) is 7.11 Å². The minimum atomic E-state index is -0.0457. The number of rotatable bonds is 3. The molecule has 2 N–H and O–H groups in total. The fraction of sp³-hybridized carbons (Fsp3) is 0.538. The van der Waals surface area contributed by atoms with Gasteiger partial charge in [-0.05, 0) is 36.0 Å². The van der Waals surface area contributed by atoms with E-state index in [1.165, 1.54) is 11.1 Å². The maximum absolute atomic E-state index is 6.19. The third-order valence-corrected chi connectivity index (χ3v) is 3.22. The van der Waals surface area contributed by atoms with Gasteiger partial charge in [-0.25, -0.2) is 0 Å². The lowest BCUT2D eigenvalue weighted by molar-refractivity contribution is 0.407. The van der Waals surface area contributed by atoms with Crippen molar-refractivity contribution in [3.8, 4) is 5.75 Å². The molecular formula is C13H19NO. The molecule has 1 aliphatic carbocycles. The second-order valence-corrected chi connectivity index (χ2v) is 4.77. The van der Waals surface area contributed by atoms with Crippen LogP contribution in [0.25, 0.3) is 0 Å². The van der Waals surface area contributed by atoms with Crippen molar-refractivity contribution in [3.63, 3.8) is 0 Å². The van der Waals surface area contributed by atoms with Crippen molar-refractivity contribution in [1.82, 2.24) is 0 Å². The number of hydrogen-bond donors (Lipinski definition) is 1. The Morgan fingerprint density at radius 2 is 2.00 bits per heavy atom. The summed E-state index contributed by atoms with van der Waals surface area (Å²) in [5.41, 5.74) is 8.65. The van der Waals surface area contributed by atoms with Gasteiger partial charge in [0.1, 0.15) is 5.75 Å². The zero-order valence-electron chi connectivity index (χ0n) is 9.71. The van der Waals surface area contributed by atoms with Gasteiger partial charge in [0, 0.05) is 5.54 Å². The second kappa shape index (κ2) is 3.53. The molecule has 0 heterocycles. The highest BCUT2D eigenvalue weighted by Crippen LogP contribution is 2.44. The van der Waals surface area contributed by atoms with E-state index in [9.17, 15) is 0 Å². The fourth-order valence-electron chi connectivity index (χ4n) is 1.92. The summed E-state index contributed by atoms with van der Waals surface area (Å²) >= 11 is 0. The van der Waals surface area contributed by atoms with Crippen LogP contribution in [0.2, 0.25) is 0 Å². The van der Waals surface area contributed by atoms with Gasteiger partial charge < -0.3 is 10.5 Å². The molecule has 0 spiro atoms. The van der Waals surface area contributed by atoms with E-state index in [0.717, 1.165) is 18.6 Å². The molecule has 1 fully saturated rings. The fourth-order valence-corrected chi connectivity index (χ4v) is 1.92. The minimum absolute atomic E-state index is 0.0457. The highest BCUT2D eigenvalue weighted by atomic mass is 16.5. The molecule has 1 aromatic carbocycles. The summed E-state index contributed by atoms with van der Waals surface area (Å²) in [4.78, 5) is 0. The maximum Gasteiger partial charge on any atom is 0.122 e. The lowest BCUT2D eigenvalue weighted by atomic mass is 9.96. The first-order valence-corrected chi connectivity index (χ1v) is 5.54. The number of methoxy groups -OCH3 is 1. The Labute approximate surface area is 91.4 Å². The van der Waals surface area contributed by atoms with E-state index in [1.54, 1.807) is 7.11 Å². The van der Waals surface area contributed by atoms with E-state index in [4.69, 9.17) is 10.5 Å². The van der Waals surface area contributed by atoms with E-state index >= 15 is 0 Å². The Balaban J connectivity index is 2.41. The summed E-state index contributed by atoms with van der Waals surface area (Å²) in [7, 11) is 1.72. The van der Waals surface area contributed by atoms with Crippen LogP contribution >= 0.6 is 0 Å². The molecule has 0 radical (unpaired) electrons. The van der Waals surface area contributed by atoms with Crippen LogP contribution in [0, 0.1) is 0 Å². The van der Waals surface area contributed by atoms with Gasteiger partial charge in [-0.3, -0.25) is 0 Å². The molecule has 1 saturated carbocycles. The molecule has 1 aromatic rings. The number of benzene rings is 1. The summed E-state index contributed by atoms with van der Waals surface area (Å²) in [6.07, 6.45) is 2.22. The Kier molecular flexibility index (Phi) is 2.47. The highest BCUT2D eigenvalue weighted by molar-refractivity contribution is 5.43. The van der Waals surface area contributed by atoms with Crippen LogP contribution in [-0.4, -0.2) is 7.11 Å². The lowest BCUT2D eigenvalue weighted by Gasteiger charge is -2.16. The van der Waals surface area contributed by atoms with Crippen molar-refractivity contribution in [2.75, 3.05) is 7.11 Å². The molecule has 0 unspecified atom stereocenters. The number of hydrogen-bond acceptors (Lipinski definition) is 2. The molecule has 2 rings (SSSR count). The summed E-state index contributed by atoms with van der Waals surface area (Å²) in [6.45, 7) is 4.36. The molecule has 15 heavy (non-hydrogen) atoms. The van der Waals surface area contributed by atoms with E-state index in [2.05, 4.69) is 26.0 Å². The SMILES string of the molecule is COc1ccc(C2(N)CC2)cc1C(C)C. The Morgan fingerprint density at radius 1 is 1.33 bits per heavy atom. The van der Waals surface area contributed by atoms with Crippen molar-refractivity contribution < 1.29 is 4.74 Å². The Bertz CT molecular complexity index is 367. The minimum Gasteiger partial charge on any atom is -0.496 e. The first kappa shape index (κ1) is 10.5. The van der Waals surface area contributed by atoms with Crippen molar-refractivity contribution in [2.24, 2.45) is 5.73 Å². The first-order valence-electron chi connectivity index (χ1n) is 5.54. The van der Waals surface area contributed by atoms with Gasteiger partial charge in [-0.1, -0.05) is 26.0 Å². The van der Waals surface area contributed by atoms with Crippen molar-refractivity contribution >= 4 is 0 Å². The molecular weight excluding hydrogens is 186 g/mol. The summed E-state index contributed by atoms with van der Waals surface area (Å²) in [5, 5.41) is 0. The second-order valence-electron chi connectivity index (χ2n) is 4.77. The van der Waals surface area contributed by atoms with Gasteiger partial charge in [0.2, 0.25) is 0 Å². The normalized spacial score (nSPS) is 17.9. The van der Waals surface area contributed by atoms with E-state index in [0.29, 0.717) is 5.92 Å². The molecule has 0 amide bonds. The zero-order valence-corrected chi connectivity index (χ0v) is 9.71. The van der Waals surface area contributed by atoms with Gasteiger partial charge in [-0.2, -0.15) is 0 Å². The average Bonchev–Trinajstić information content (AvgIpc) is 2.96. The Morgan fingerprint density at radius 3 is 2.47 bits per heavy atom. The van der Waals surface area contributed by atoms with Crippen LogP contribution in [0.4, 0.5) is 0 Å². The van der Waals surface area contributed by atoms with Gasteiger partial charge in [-0.15, -0.1) is 0 Å². The molecule has 82 valence electrons. The average molecular weight is 205 g/mol. The molecule has 0 aliphatic heterocycles. The van der Waals surface area contributed by atoms with Crippen LogP contribution in [0.15, 0.2) is 18.2 Å². The predicted octanol–water partition coefficient (Wildman–Crippen LogP) is 2.77. The van der Waals surface area contributed by atoms with Gasteiger partial charge in [0.15, 0.2) is 0 Å². The summed E-state index contributed by atoms with van der Waals surface area (Å²) < 4.78 is 5.35. The van der Waals surface area contributed by atoms with Crippen LogP contribution in [-0.2, 0) is 5.54 Å². The van der Waals surface area contributed by atoms with E-state index in [1.807, 2.05) is 6.07 Å².